The van der Waals surface area contributed by atoms with Crippen molar-refractivity contribution in [2.45, 2.75) is 25.7 Å². The van der Waals surface area contributed by atoms with Gasteiger partial charge in [-0.1, -0.05) is 0 Å². The van der Waals surface area contributed by atoms with Crippen LogP contribution in [0.3, 0.4) is 0 Å². The van der Waals surface area contributed by atoms with Crippen molar-refractivity contribution in [1.82, 2.24) is 5.32 Å². The summed E-state index contributed by atoms with van der Waals surface area (Å²) in [6.07, 6.45) is 3.91. The fourth-order valence-electron chi connectivity index (χ4n) is 2.65. The Morgan fingerprint density at radius 3 is 2.59 bits per heavy atom. The first-order chi connectivity index (χ1) is 10.6. The van der Waals surface area contributed by atoms with Crippen molar-refractivity contribution in [3.05, 3.63) is 23.8 Å². The number of piperidine rings is 1. The Morgan fingerprint density at radius 1 is 1.23 bits per heavy atom. The smallest absolute Gasteiger partial charge is 0.248 e. The van der Waals surface area contributed by atoms with Crippen LogP contribution in [0.1, 0.15) is 36.0 Å². The highest BCUT2D eigenvalue weighted by Crippen LogP contribution is 2.29. The summed E-state index contributed by atoms with van der Waals surface area (Å²) >= 11 is 0. The Labute approximate surface area is 131 Å². The van der Waals surface area contributed by atoms with Crippen LogP contribution in [-0.2, 0) is 4.79 Å². The number of carbonyl (C=O) groups excluding carboxylic acids is 2. The topological polar surface area (TPSA) is 87.5 Å². The van der Waals surface area contributed by atoms with Crippen LogP contribution in [0.15, 0.2) is 18.2 Å². The van der Waals surface area contributed by atoms with Gasteiger partial charge in [0.25, 0.3) is 0 Å². The average Bonchev–Trinajstić information content (AvgIpc) is 2.53. The van der Waals surface area contributed by atoms with Crippen LogP contribution in [0.5, 0.6) is 0 Å². The van der Waals surface area contributed by atoms with Gasteiger partial charge in [-0.25, -0.2) is 0 Å². The minimum atomic E-state index is -0.490. The van der Waals surface area contributed by atoms with E-state index in [2.05, 4.69) is 15.5 Å². The normalized spacial score (nSPS) is 14.7. The molecule has 4 N–H and O–H groups in total. The molecule has 0 aromatic heterocycles. The molecule has 1 aliphatic rings. The van der Waals surface area contributed by atoms with E-state index < -0.39 is 5.91 Å². The molecule has 1 aliphatic heterocycles. The van der Waals surface area contributed by atoms with Crippen molar-refractivity contribution in [3.63, 3.8) is 0 Å². The van der Waals surface area contributed by atoms with Crippen molar-refractivity contribution in [1.29, 1.82) is 0 Å². The number of hydrogen-bond donors (Lipinski definition) is 3. The van der Waals surface area contributed by atoms with Crippen LogP contribution < -0.4 is 21.3 Å². The van der Waals surface area contributed by atoms with Crippen molar-refractivity contribution < 1.29 is 9.59 Å². The fourth-order valence-corrected chi connectivity index (χ4v) is 2.65. The summed E-state index contributed by atoms with van der Waals surface area (Å²) < 4.78 is 0. The van der Waals surface area contributed by atoms with Crippen LogP contribution in [0.25, 0.3) is 0 Å². The number of rotatable bonds is 6. The lowest BCUT2D eigenvalue weighted by Gasteiger charge is -2.30. The van der Waals surface area contributed by atoms with Gasteiger partial charge in [-0.15, -0.1) is 0 Å². The van der Waals surface area contributed by atoms with Gasteiger partial charge in [-0.3, -0.25) is 9.59 Å². The lowest BCUT2D eigenvalue weighted by atomic mass is 10.1. The quantitative estimate of drug-likeness (QED) is 0.740. The van der Waals surface area contributed by atoms with E-state index in [4.69, 9.17) is 5.73 Å². The van der Waals surface area contributed by atoms with Gasteiger partial charge in [-0.2, -0.15) is 0 Å². The number of anilines is 2. The third-order valence-electron chi connectivity index (χ3n) is 3.85. The number of benzene rings is 1. The molecule has 1 aromatic carbocycles. The second-order valence-corrected chi connectivity index (χ2v) is 5.55. The molecule has 0 radical (unpaired) electrons. The minimum absolute atomic E-state index is 0.0748. The summed E-state index contributed by atoms with van der Waals surface area (Å²) in [4.78, 5) is 25.6. The number of nitrogens with one attached hydrogen (secondary N) is 2. The van der Waals surface area contributed by atoms with Crippen LogP contribution in [0.2, 0.25) is 0 Å². The molecule has 0 unspecified atom stereocenters. The van der Waals surface area contributed by atoms with E-state index in [0.717, 1.165) is 31.6 Å². The molecule has 6 nitrogen and oxygen atoms in total. The number of carbonyl (C=O) groups is 2. The maximum absolute atomic E-state index is 12.0. The molecule has 2 rings (SSSR count). The zero-order valence-corrected chi connectivity index (χ0v) is 13.0. The van der Waals surface area contributed by atoms with Crippen molar-refractivity contribution in [2.24, 2.45) is 5.73 Å². The van der Waals surface area contributed by atoms with Gasteiger partial charge in [0, 0.05) is 31.6 Å². The summed E-state index contributed by atoms with van der Waals surface area (Å²) in [5.74, 6) is -0.565. The third-order valence-corrected chi connectivity index (χ3v) is 3.85. The first-order valence-electron chi connectivity index (χ1n) is 7.75. The molecule has 1 saturated heterocycles. The molecule has 1 fully saturated rings. The zero-order chi connectivity index (χ0) is 15.9. The van der Waals surface area contributed by atoms with E-state index in [0.29, 0.717) is 24.2 Å². The van der Waals surface area contributed by atoms with Gasteiger partial charge >= 0.3 is 0 Å². The lowest BCUT2D eigenvalue weighted by Crippen LogP contribution is -2.31. The van der Waals surface area contributed by atoms with Crippen molar-refractivity contribution in [3.8, 4) is 0 Å². The fraction of sp³-hybridized carbons (Fsp3) is 0.500. The molecule has 1 aromatic rings. The van der Waals surface area contributed by atoms with E-state index in [1.807, 2.05) is 6.07 Å². The number of nitrogens with zero attached hydrogens (tertiary/aromatic N) is 1. The van der Waals surface area contributed by atoms with Gasteiger partial charge < -0.3 is 21.3 Å². The summed E-state index contributed by atoms with van der Waals surface area (Å²) in [5, 5.41) is 5.86. The van der Waals surface area contributed by atoms with E-state index in [-0.39, 0.29) is 5.91 Å². The number of nitrogens with two attached hydrogens (primary N) is 1. The number of hydrogen-bond acceptors (Lipinski definition) is 4. The van der Waals surface area contributed by atoms with Gasteiger partial charge in [0.1, 0.15) is 0 Å². The molecule has 1 heterocycles. The molecule has 0 atom stereocenters. The monoisotopic (exact) mass is 304 g/mol. The van der Waals surface area contributed by atoms with Crippen LogP contribution in [0.4, 0.5) is 11.4 Å². The maximum atomic E-state index is 12.0. The Kier molecular flexibility index (Phi) is 5.77. The molecule has 0 spiro atoms. The standard InChI is InChI=1S/C16H24N4O2/c1-18-8-7-15(21)19-13-11-12(16(17)22)5-6-14(13)20-9-3-2-4-10-20/h5-6,11,18H,2-4,7-10H2,1H3,(H2,17,22)(H,19,21). The minimum Gasteiger partial charge on any atom is -0.370 e. The van der Waals surface area contributed by atoms with Crippen LogP contribution in [0, 0.1) is 0 Å². The average molecular weight is 304 g/mol. The molecular formula is C16H24N4O2. The lowest BCUT2D eigenvalue weighted by molar-refractivity contribution is -0.116. The second-order valence-electron chi connectivity index (χ2n) is 5.55. The van der Waals surface area contributed by atoms with E-state index in [9.17, 15) is 9.59 Å². The predicted molar refractivity (Wildman–Crippen MR) is 88.2 cm³/mol. The van der Waals surface area contributed by atoms with Crippen molar-refractivity contribution >= 4 is 23.2 Å². The number of primary amides is 1. The summed E-state index contributed by atoms with van der Waals surface area (Å²) in [6, 6.07) is 5.26. The van der Waals surface area contributed by atoms with E-state index in [1.54, 1.807) is 19.2 Å². The van der Waals surface area contributed by atoms with Gasteiger partial charge in [0.05, 0.1) is 11.4 Å². The van der Waals surface area contributed by atoms with E-state index in [1.165, 1.54) is 6.42 Å². The molecule has 2 amide bonds. The number of amides is 2. The first-order valence-corrected chi connectivity index (χ1v) is 7.75. The molecule has 0 bridgehead atoms. The first kappa shape index (κ1) is 16.3. The SMILES string of the molecule is CNCCC(=O)Nc1cc(C(N)=O)ccc1N1CCCCC1. The Bertz CT molecular complexity index is 539. The van der Waals surface area contributed by atoms with Crippen LogP contribution in [-0.4, -0.2) is 38.5 Å². The Balaban J connectivity index is 2.23. The largest absolute Gasteiger partial charge is 0.370 e. The molecule has 0 aliphatic carbocycles. The maximum Gasteiger partial charge on any atom is 0.248 e. The molecule has 22 heavy (non-hydrogen) atoms. The highest BCUT2D eigenvalue weighted by molar-refractivity contribution is 5.99. The molecular weight excluding hydrogens is 280 g/mol. The molecule has 120 valence electrons. The molecule has 0 saturated carbocycles. The zero-order valence-electron chi connectivity index (χ0n) is 13.0. The highest BCUT2D eigenvalue weighted by atomic mass is 16.2. The third kappa shape index (κ3) is 4.21. The highest BCUT2D eigenvalue weighted by Gasteiger charge is 2.17. The summed E-state index contributed by atoms with van der Waals surface area (Å²) in [6.45, 7) is 2.55. The van der Waals surface area contributed by atoms with Crippen LogP contribution >= 0.6 is 0 Å². The van der Waals surface area contributed by atoms with Gasteiger partial charge in [-0.05, 0) is 44.5 Å². The van der Waals surface area contributed by atoms with Gasteiger partial charge in [0.15, 0.2) is 0 Å². The second kappa shape index (κ2) is 7.79. The Morgan fingerprint density at radius 2 is 1.95 bits per heavy atom. The predicted octanol–water partition coefficient (Wildman–Crippen LogP) is 1.32. The van der Waals surface area contributed by atoms with E-state index >= 15 is 0 Å². The Hall–Kier alpha value is -2.08. The summed E-state index contributed by atoms with van der Waals surface area (Å²) in [7, 11) is 1.81. The summed E-state index contributed by atoms with van der Waals surface area (Å²) in [5.41, 5.74) is 7.38. The molecule has 6 heteroatoms. The van der Waals surface area contributed by atoms with Crippen molar-refractivity contribution in [2.75, 3.05) is 36.9 Å². The van der Waals surface area contributed by atoms with Gasteiger partial charge in [0.2, 0.25) is 11.8 Å².